The van der Waals surface area contributed by atoms with E-state index in [1.807, 2.05) is 6.07 Å². The molecule has 3 heteroatoms. The molecule has 0 radical (unpaired) electrons. The largest absolute Gasteiger partial charge is 0.493 e. The highest BCUT2D eigenvalue weighted by molar-refractivity contribution is 5.40. The van der Waals surface area contributed by atoms with Crippen molar-refractivity contribution in [2.45, 2.75) is 32.4 Å². The number of fused-ring (bicyclic) bond motifs is 2. The molecule has 0 amide bonds. The molecule has 1 unspecified atom stereocenters. The number of para-hydroxylation sites is 1. The molecule has 0 saturated heterocycles. The van der Waals surface area contributed by atoms with E-state index < -0.39 is 0 Å². The van der Waals surface area contributed by atoms with Crippen molar-refractivity contribution < 1.29 is 9.47 Å². The average Bonchev–Trinajstić information content (AvgIpc) is 2.95. The first-order valence-electron chi connectivity index (χ1n) is 8.49. The van der Waals surface area contributed by atoms with E-state index in [2.05, 4.69) is 48.2 Å². The summed E-state index contributed by atoms with van der Waals surface area (Å²) in [6.07, 6.45) is 2.35. The van der Waals surface area contributed by atoms with Gasteiger partial charge in [-0.2, -0.15) is 0 Å². The Kier molecular flexibility index (Phi) is 3.96. The molecular weight excluding hydrogens is 286 g/mol. The van der Waals surface area contributed by atoms with Crippen LogP contribution in [0.25, 0.3) is 0 Å². The molecule has 4 rings (SSSR count). The number of benzene rings is 2. The normalized spacial score (nSPS) is 20.1. The molecule has 0 aliphatic carbocycles. The summed E-state index contributed by atoms with van der Waals surface area (Å²) < 4.78 is 11.6. The van der Waals surface area contributed by atoms with E-state index in [1.165, 1.54) is 16.7 Å². The lowest BCUT2D eigenvalue weighted by Crippen LogP contribution is -2.32. The fraction of sp³-hybridized carbons (Fsp3) is 0.400. The van der Waals surface area contributed by atoms with Gasteiger partial charge in [0.2, 0.25) is 0 Å². The van der Waals surface area contributed by atoms with Gasteiger partial charge in [-0.15, -0.1) is 0 Å². The Morgan fingerprint density at radius 2 is 2.00 bits per heavy atom. The minimum atomic E-state index is 0.229. The third-order valence-electron chi connectivity index (χ3n) is 4.68. The minimum Gasteiger partial charge on any atom is -0.493 e. The summed E-state index contributed by atoms with van der Waals surface area (Å²) in [6.45, 7) is 5.98. The van der Waals surface area contributed by atoms with Gasteiger partial charge >= 0.3 is 0 Å². The molecule has 0 bridgehead atoms. The van der Waals surface area contributed by atoms with Crippen LogP contribution < -0.4 is 9.47 Å². The number of nitrogens with zero attached hydrogens (tertiary/aromatic N) is 1. The van der Waals surface area contributed by atoms with E-state index in [-0.39, 0.29) is 6.10 Å². The van der Waals surface area contributed by atoms with Crippen LogP contribution >= 0.6 is 0 Å². The molecule has 0 spiro atoms. The van der Waals surface area contributed by atoms with E-state index in [4.69, 9.17) is 9.47 Å². The van der Waals surface area contributed by atoms with Crippen molar-refractivity contribution in [3.8, 4) is 11.5 Å². The predicted molar refractivity (Wildman–Crippen MR) is 91.2 cm³/mol. The van der Waals surface area contributed by atoms with Gasteiger partial charge in [-0.25, -0.2) is 0 Å². The van der Waals surface area contributed by atoms with Crippen LogP contribution in [0.4, 0.5) is 0 Å². The highest BCUT2D eigenvalue weighted by Crippen LogP contribution is 2.27. The van der Waals surface area contributed by atoms with Gasteiger partial charge in [0.05, 0.1) is 6.61 Å². The second-order valence-electron chi connectivity index (χ2n) is 6.56. The van der Waals surface area contributed by atoms with Crippen molar-refractivity contribution in [1.82, 2.24) is 4.90 Å². The summed E-state index contributed by atoms with van der Waals surface area (Å²) in [7, 11) is 0. The van der Waals surface area contributed by atoms with Crippen molar-refractivity contribution in [3.05, 3.63) is 59.2 Å². The standard InChI is InChI=1S/C20H23NO2/c1-15-13-21(14-18-4-2-3-5-20(18)23-15)10-8-16-6-7-19-17(12-16)9-11-22-19/h2-7,12,15H,8-11,13-14H2,1H3. The molecule has 0 aromatic heterocycles. The average molecular weight is 309 g/mol. The zero-order valence-corrected chi connectivity index (χ0v) is 13.6. The first-order valence-corrected chi connectivity index (χ1v) is 8.49. The maximum Gasteiger partial charge on any atom is 0.124 e. The summed E-state index contributed by atoms with van der Waals surface area (Å²) >= 11 is 0. The van der Waals surface area contributed by atoms with E-state index in [1.54, 1.807) is 0 Å². The Bertz CT molecular complexity index is 698. The molecule has 1 atom stereocenters. The van der Waals surface area contributed by atoms with E-state index in [9.17, 15) is 0 Å². The number of rotatable bonds is 3. The SMILES string of the molecule is CC1CN(CCc2ccc3c(c2)CCO3)Cc2ccccc2O1. The molecule has 120 valence electrons. The van der Waals surface area contributed by atoms with Crippen molar-refractivity contribution in [2.24, 2.45) is 0 Å². The zero-order valence-electron chi connectivity index (χ0n) is 13.6. The Labute approximate surface area is 137 Å². The van der Waals surface area contributed by atoms with Crippen LogP contribution in [-0.4, -0.2) is 30.7 Å². The van der Waals surface area contributed by atoms with E-state index >= 15 is 0 Å². The van der Waals surface area contributed by atoms with Gasteiger partial charge in [0.15, 0.2) is 0 Å². The molecule has 0 saturated carbocycles. The molecule has 0 fully saturated rings. The van der Waals surface area contributed by atoms with Crippen molar-refractivity contribution in [1.29, 1.82) is 0 Å². The summed E-state index contributed by atoms with van der Waals surface area (Å²) in [5.41, 5.74) is 4.06. The van der Waals surface area contributed by atoms with Gasteiger partial charge in [0, 0.05) is 31.6 Å². The first-order chi connectivity index (χ1) is 11.3. The molecule has 23 heavy (non-hydrogen) atoms. The van der Waals surface area contributed by atoms with Crippen molar-refractivity contribution >= 4 is 0 Å². The fourth-order valence-corrected chi connectivity index (χ4v) is 3.53. The number of hydrogen-bond donors (Lipinski definition) is 0. The lowest BCUT2D eigenvalue weighted by atomic mass is 10.1. The van der Waals surface area contributed by atoms with Crippen LogP contribution in [-0.2, 0) is 19.4 Å². The molecule has 2 heterocycles. The van der Waals surface area contributed by atoms with Crippen LogP contribution in [0, 0.1) is 0 Å². The van der Waals surface area contributed by atoms with Crippen LogP contribution in [0.3, 0.4) is 0 Å². The number of hydrogen-bond acceptors (Lipinski definition) is 3. The van der Waals surface area contributed by atoms with Gasteiger partial charge < -0.3 is 9.47 Å². The second kappa shape index (κ2) is 6.25. The Morgan fingerprint density at radius 1 is 1.09 bits per heavy atom. The van der Waals surface area contributed by atoms with Gasteiger partial charge in [-0.3, -0.25) is 4.90 Å². The molecule has 2 aliphatic rings. The lowest BCUT2D eigenvalue weighted by Gasteiger charge is -2.21. The smallest absolute Gasteiger partial charge is 0.124 e. The Hall–Kier alpha value is -2.00. The van der Waals surface area contributed by atoms with Crippen molar-refractivity contribution in [3.63, 3.8) is 0 Å². The molecule has 0 N–H and O–H groups in total. The Morgan fingerprint density at radius 3 is 2.96 bits per heavy atom. The molecule has 2 aromatic rings. The summed E-state index contributed by atoms with van der Waals surface area (Å²) in [6, 6.07) is 15.0. The molecular formula is C20H23NO2. The first kappa shape index (κ1) is 14.6. The molecule has 2 aromatic carbocycles. The second-order valence-corrected chi connectivity index (χ2v) is 6.56. The van der Waals surface area contributed by atoms with E-state index in [0.29, 0.717) is 0 Å². The predicted octanol–water partition coefficient (Wildman–Crippen LogP) is 3.45. The van der Waals surface area contributed by atoms with Gasteiger partial charge in [-0.1, -0.05) is 30.3 Å². The fourth-order valence-electron chi connectivity index (χ4n) is 3.53. The maximum absolute atomic E-state index is 6.04. The minimum absolute atomic E-state index is 0.229. The third-order valence-corrected chi connectivity index (χ3v) is 4.68. The molecule has 3 nitrogen and oxygen atoms in total. The van der Waals surface area contributed by atoms with Crippen LogP contribution in [0.2, 0.25) is 0 Å². The van der Waals surface area contributed by atoms with Crippen LogP contribution in [0.15, 0.2) is 42.5 Å². The monoisotopic (exact) mass is 309 g/mol. The summed E-state index contributed by atoms with van der Waals surface area (Å²) in [4.78, 5) is 2.50. The van der Waals surface area contributed by atoms with Gasteiger partial charge in [0.25, 0.3) is 0 Å². The van der Waals surface area contributed by atoms with E-state index in [0.717, 1.165) is 50.6 Å². The van der Waals surface area contributed by atoms with Crippen LogP contribution in [0.1, 0.15) is 23.6 Å². The van der Waals surface area contributed by atoms with Crippen molar-refractivity contribution in [2.75, 3.05) is 19.7 Å². The zero-order chi connectivity index (χ0) is 15.6. The highest BCUT2D eigenvalue weighted by Gasteiger charge is 2.19. The molecule has 2 aliphatic heterocycles. The topological polar surface area (TPSA) is 21.7 Å². The van der Waals surface area contributed by atoms with Crippen LogP contribution in [0.5, 0.6) is 11.5 Å². The van der Waals surface area contributed by atoms with Gasteiger partial charge in [-0.05, 0) is 36.6 Å². The maximum atomic E-state index is 6.04. The summed E-state index contributed by atoms with van der Waals surface area (Å²) in [5, 5.41) is 0. The Balaban J connectivity index is 1.44. The third kappa shape index (κ3) is 3.20. The van der Waals surface area contributed by atoms with Gasteiger partial charge in [0.1, 0.15) is 17.6 Å². The number of ether oxygens (including phenoxy) is 2. The highest BCUT2D eigenvalue weighted by atomic mass is 16.5. The quantitative estimate of drug-likeness (QED) is 0.867. The lowest BCUT2D eigenvalue weighted by molar-refractivity contribution is 0.162. The summed E-state index contributed by atoms with van der Waals surface area (Å²) in [5.74, 6) is 2.11.